The molecule has 1 aromatic carbocycles. The lowest BCUT2D eigenvalue weighted by molar-refractivity contribution is -0.148. The zero-order valence-electron chi connectivity index (χ0n) is 11.6. The number of hydrogen-bond donors (Lipinski definition) is 1. The van der Waals surface area contributed by atoms with Crippen molar-refractivity contribution in [2.24, 2.45) is 5.92 Å². The summed E-state index contributed by atoms with van der Waals surface area (Å²) in [6, 6.07) is 8.38. The molecule has 5 nitrogen and oxygen atoms in total. The number of allylic oxidation sites excluding steroid dienone is 2. The number of carbonyl (C=O) groups excluding carboxylic acids is 3. The average molecular weight is 287 g/mol. The van der Waals surface area contributed by atoms with Crippen molar-refractivity contribution in [1.82, 2.24) is 5.32 Å². The van der Waals surface area contributed by atoms with E-state index in [9.17, 15) is 14.4 Å². The largest absolute Gasteiger partial charge is 0.456 e. The number of benzene rings is 1. The van der Waals surface area contributed by atoms with E-state index < -0.39 is 24.4 Å². The molecule has 0 saturated carbocycles. The van der Waals surface area contributed by atoms with E-state index in [1.54, 1.807) is 30.3 Å². The first-order chi connectivity index (χ1) is 10.1. The van der Waals surface area contributed by atoms with Gasteiger partial charge >= 0.3 is 5.97 Å². The van der Waals surface area contributed by atoms with Crippen LogP contribution in [0.2, 0.25) is 0 Å². The molecule has 0 unspecified atom stereocenters. The van der Waals surface area contributed by atoms with Gasteiger partial charge in [0.2, 0.25) is 0 Å². The number of hydrogen-bond acceptors (Lipinski definition) is 4. The molecule has 1 aliphatic carbocycles. The second-order valence-corrected chi connectivity index (χ2v) is 4.87. The third kappa shape index (κ3) is 4.87. The number of ether oxygens (including phenoxy) is 1. The third-order valence-corrected chi connectivity index (χ3v) is 3.19. The predicted octanol–water partition coefficient (Wildman–Crippen LogP) is 1.84. The van der Waals surface area contributed by atoms with Crippen molar-refractivity contribution >= 4 is 17.8 Å². The van der Waals surface area contributed by atoms with E-state index in [1.165, 1.54) is 0 Å². The van der Waals surface area contributed by atoms with Crippen LogP contribution in [0.15, 0.2) is 42.5 Å². The molecule has 0 fully saturated rings. The zero-order valence-corrected chi connectivity index (χ0v) is 11.6. The lowest BCUT2D eigenvalue weighted by Gasteiger charge is -2.08. The molecule has 0 heterocycles. The minimum atomic E-state index is -0.626. The Bertz CT molecular complexity index is 551. The summed E-state index contributed by atoms with van der Waals surface area (Å²) in [5, 5.41) is 2.18. The van der Waals surface area contributed by atoms with Crippen molar-refractivity contribution in [3.8, 4) is 0 Å². The van der Waals surface area contributed by atoms with Crippen LogP contribution in [0.1, 0.15) is 29.6 Å². The van der Waals surface area contributed by atoms with Gasteiger partial charge in [0.1, 0.15) is 0 Å². The number of amides is 2. The van der Waals surface area contributed by atoms with E-state index in [1.807, 2.05) is 12.2 Å². The molecule has 1 aromatic rings. The Morgan fingerprint density at radius 3 is 2.62 bits per heavy atom. The molecule has 1 aliphatic rings. The minimum Gasteiger partial charge on any atom is -0.456 e. The highest BCUT2D eigenvalue weighted by molar-refractivity contribution is 6.05. The van der Waals surface area contributed by atoms with Crippen molar-refractivity contribution in [2.45, 2.75) is 19.3 Å². The molecule has 2 amide bonds. The van der Waals surface area contributed by atoms with E-state index in [2.05, 4.69) is 5.32 Å². The lowest BCUT2D eigenvalue weighted by atomic mass is 10.1. The normalized spacial score (nSPS) is 16.5. The fourth-order valence-electron chi connectivity index (χ4n) is 2.11. The maximum absolute atomic E-state index is 11.7. The summed E-state index contributed by atoms with van der Waals surface area (Å²) in [5.41, 5.74) is 0.383. The Kier molecular flexibility index (Phi) is 5.26. The van der Waals surface area contributed by atoms with Crippen LogP contribution in [-0.2, 0) is 14.3 Å². The number of carbonyl (C=O) groups is 3. The average Bonchev–Trinajstić information content (AvgIpc) is 2.99. The van der Waals surface area contributed by atoms with Gasteiger partial charge in [-0.15, -0.1) is 0 Å². The molecule has 2 rings (SSSR count). The molecule has 0 saturated heterocycles. The summed E-state index contributed by atoms with van der Waals surface area (Å²) in [5.74, 6) is -1.35. The highest BCUT2D eigenvalue weighted by atomic mass is 16.5. The first-order valence-corrected chi connectivity index (χ1v) is 6.86. The van der Waals surface area contributed by atoms with Crippen LogP contribution in [-0.4, -0.2) is 24.4 Å². The van der Waals surface area contributed by atoms with Gasteiger partial charge in [0.05, 0.1) is 6.42 Å². The maximum Gasteiger partial charge on any atom is 0.306 e. The molecule has 1 atom stereocenters. The molecule has 0 spiro atoms. The van der Waals surface area contributed by atoms with E-state index >= 15 is 0 Å². The molecule has 21 heavy (non-hydrogen) atoms. The van der Waals surface area contributed by atoms with Crippen molar-refractivity contribution < 1.29 is 19.1 Å². The van der Waals surface area contributed by atoms with Gasteiger partial charge in [-0.05, 0) is 30.9 Å². The van der Waals surface area contributed by atoms with Gasteiger partial charge in [-0.25, -0.2) is 0 Å². The Morgan fingerprint density at radius 2 is 1.95 bits per heavy atom. The fourth-order valence-corrected chi connectivity index (χ4v) is 2.11. The first kappa shape index (κ1) is 15.0. The molecule has 110 valence electrons. The van der Waals surface area contributed by atoms with E-state index in [4.69, 9.17) is 4.74 Å². The van der Waals surface area contributed by atoms with Gasteiger partial charge < -0.3 is 4.74 Å². The molecular weight excluding hydrogens is 270 g/mol. The zero-order chi connectivity index (χ0) is 15.1. The summed E-state index contributed by atoms with van der Waals surface area (Å²) < 4.78 is 4.87. The van der Waals surface area contributed by atoms with Gasteiger partial charge in [0.15, 0.2) is 6.61 Å². The topological polar surface area (TPSA) is 72.5 Å². The monoisotopic (exact) mass is 287 g/mol. The van der Waals surface area contributed by atoms with Crippen LogP contribution in [0.3, 0.4) is 0 Å². The minimum absolute atomic E-state index is 0.200. The second-order valence-electron chi connectivity index (χ2n) is 4.87. The fraction of sp³-hybridized carbons (Fsp3) is 0.312. The highest BCUT2D eigenvalue weighted by Crippen LogP contribution is 2.20. The van der Waals surface area contributed by atoms with Crippen molar-refractivity contribution in [2.75, 3.05) is 6.61 Å². The van der Waals surface area contributed by atoms with Crippen LogP contribution < -0.4 is 5.32 Å². The smallest absolute Gasteiger partial charge is 0.306 e. The number of esters is 1. The van der Waals surface area contributed by atoms with Gasteiger partial charge in [0, 0.05) is 5.56 Å². The highest BCUT2D eigenvalue weighted by Gasteiger charge is 2.17. The molecule has 0 bridgehead atoms. The summed E-state index contributed by atoms with van der Waals surface area (Å²) in [4.78, 5) is 34.8. The van der Waals surface area contributed by atoms with E-state index in [0.717, 1.165) is 12.8 Å². The van der Waals surface area contributed by atoms with Crippen LogP contribution in [0.4, 0.5) is 0 Å². The summed E-state index contributed by atoms with van der Waals surface area (Å²) in [7, 11) is 0. The number of imide groups is 1. The molecule has 0 radical (unpaired) electrons. The quantitative estimate of drug-likeness (QED) is 0.662. The SMILES string of the molecule is O=C(COC(=O)C[C@H]1C=CCC1)NC(=O)c1ccccc1. The molecule has 0 aliphatic heterocycles. The van der Waals surface area contributed by atoms with E-state index in [-0.39, 0.29) is 12.3 Å². The van der Waals surface area contributed by atoms with Crippen LogP contribution in [0, 0.1) is 5.92 Å². The Labute approximate surface area is 123 Å². The standard InChI is InChI=1S/C16H17NO4/c18-14(17-16(20)13-8-2-1-3-9-13)11-21-15(19)10-12-6-4-5-7-12/h1-4,6,8-9,12H,5,7,10-11H2,(H,17,18,20)/t12-/m0/s1. The molecule has 5 heteroatoms. The van der Waals surface area contributed by atoms with Crippen molar-refractivity contribution in [1.29, 1.82) is 0 Å². The maximum atomic E-state index is 11.7. The predicted molar refractivity (Wildman–Crippen MR) is 76.4 cm³/mol. The van der Waals surface area contributed by atoms with Gasteiger partial charge in [-0.2, -0.15) is 0 Å². The molecule has 1 N–H and O–H groups in total. The van der Waals surface area contributed by atoms with Crippen LogP contribution in [0.25, 0.3) is 0 Å². The molecular formula is C16H17NO4. The van der Waals surface area contributed by atoms with Gasteiger partial charge in [-0.3, -0.25) is 19.7 Å². The Hall–Kier alpha value is -2.43. The van der Waals surface area contributed by atoms with Gasteiger partial charge in [-0.1, -0.05) is 30.4 Å². The number of rotatable bonds is 5. The van der Waals surface area contributed by atoms with Crippen molar-refractivity contribution in [3.05, 3.63) is 48.0 Å². The second kappa shape index (κ2) is 7.38. The first-order valence-electron chi connectivity index (χ1n) is 6.86. The lowest BCUT2D eigenvalue weighted by Crippen LogP contribution is -2.34. The summed E-state index contributed by atoms with van der Waals surface area (Å²) in [6.07, 6.45) is 6.21. The van der Waals surface area contributed by atoms with Crippen molar-refractivity contribution in [3.63, 3.8) is 0 Å². The Morgan fingerprint density at radius 1 is 1.19 bits per heavy atom. The third-order valence-electron chi connectivity index (χ3n) is 3.19. The van der Waals surface area contributed by atoms with Crippen LogP contribution in [0.5, 0.6) is 0 Å². The van der Waals surface area contributed by atoms with Gasteiger partial charge in [0.25, 0.3) is 11.8 Å². The van der Waals surface area contributed by atoms with Crippen LogP contribution >= 0.6 is 0 Å². The molecule has 0 aromatic heterocycles. The summed E-state index contributed by atoms with van der Waals surface area (Å²) in [6.45, 7) is -0.437. The van der Waals surface area contributed by atoms with E-state index in [0.29, 0.717) is 5.56 Å². The summed E-state index contributed by atoms with van der Waals surface area (Å²) >= 11 is 0. The number of nitrogens with one attached hydrogen (secondary N) is 1. The Balaban J connectivity index is 1.70.